The highest BCUT2D eigenvalue weighted by Gasteiger charge is 2.39. The molecule has 0 heterocycles. The summed E-state index contributed by atoms with van der Waals surface area (Å²) < 4.78 is 6.14. The second-order valence-corrected chi connectivity index (χ2v) is 12.6. The molecular formula is C35H44ClN3O3. The summed E-state index contributed by atoms with van der Waals surface area (Å²) in [7, 11) is 4.37. The third-order valence-corrected chi connectivity index (χ3v) is 8.82. The van der Waals surface area contributed by atoms with Crippen LogP contribution in [0.2, 0.25) is 5.02 Å². The van der Waals surface area contributed by atoms with E-state index in [0.29, 0.717) is 29.3 Å². The van der Waals surface area contributed by atoms with Crippen LogP contribution in [0.25, 0.3) is 0 Å². The summed E-state index contributed by atoms with van der Waals surface area (Å²) in [6, 6.07) is 25.3. The van der Waals surface area contributed by atoms with Gasteiger partial charge in [-0.2, -0.15) is 0 Å². The van der Waals surface area contributed by atoms with Crippen LogP contribution in [0, 0.1) is 0 Å². The maximum absolute atomic E-state index is 13.3. The molecule has 1 aliphatic rings. The number of rotatable bonds is 12. The molecule has 3 aromatic rings. The molecule has 1 saturated carbocycles. The minimum Gasteiger partial charge on any atom is -0.478 e. The summed E-state index contributed by atoms with van der Waals surface area (Å²) in [6.07, 6.45) is 6.89. The monoisotopic (exact) mass is 589 g/mol. The molecule has 7 heteroatoms. The van der Waals surface area contributed by atoms with E-state index in [2.05, 4.69) is 60.0 Å². The molecule has 0 unspecified atom stereocenters. The molecule has 42 heavy (non-hydrogen) atoms. The fourth-order valence-corrected chi connectivity index (χ4v) is 5.82. The molecule has 2 amide bonds. The lowest BCUT2D eigenvalue weighted by atomic mass is 9.75. The number of hydrogen-bond acceptors (Lipinski definition) is 4. The Bertz CT molecular complexity index is 1300. The van der Waals surface area contributed by atoms with Crippen molar-refractivity contribution in [3.8, 4) is 5.75 Å². The van der Waals surface area contributed by atoms with E-state index in [1.165, 1.54) is 5.56 Å². The molecule has 0 saturated heterocycles. The Labute approximate surface area is 255 Å². The minimum atomic E-state index is -1.00. The van der Waals surface area contributed by atoms with E-state index in [1.54, 1.807) is 24.3 Å². The zero-order valence-electron chi connectivity index (χ0n) is 25.3. The standard InChI is InChI=1S/C35H44ClN3O3/c1-34(2,42-31-16-10-27(11-17-31)21-25-37-32(40)28-12-14-29(36)15-13-28)33(41)38-30-19-23-35(24-20-30,39(3)4)22-18-26-8-6-5-7-9-26/h5-17,30H,18-25H2,1-4H3,(H,37,40)(H,38,41). The summed E-state index contributed by atoms with van der Waals surface area (Å²) in [5.41, 5.74) is 2.18. The number of halogens is 1. The Hall–Kier alpha value is -3.35. The van der Waals surface area contributed by atoms with Gasteiger partial charge < -0.3 is 20.3 Å². The SMILES string of the molecule is CN(C)C1(CCc2ccccc2)CCC(NC(=O)C(C)(C)Oc2ccc(CCNC(=O)c3ccc(Cl)cc3)cc2)CC1. The van der Waals surface area contributed by atoms with Crippen molar-refractivity contribution in [3.63, 3.8) is 0 Å². The zero-order chi connectivity index (χ0) is 30.2. The molecule has 1 aliphatic carbocycles. The average molecular weight is 590 g/mol. The maximum atomic E-state index is 13.3. The van der Waals surface area contributed by atoms with E-state index < -0.39 is 5.60 Å². The first-order valence-corrected chi connectivity index (χ1v) is 15.3. The summed E-state index contributed by atoms with van der Waals surface area (Å²) >= 11 is 5.89. The van der Waals surface area contributed by atoms with Gasteiger partial charge in [-0.15, -0.1) is 0 Å². The molecule has 0 aliphatic heterocycles. The minimum absolute atomic E-state index is 0.0943. The third kappa shape index (κ3) is 8.59. The molecule has 224 valence electrons. The van der Waals surface area contributed by atoms with Gasteiger partial charge >= 0.3 is 0 Å². The number of aryl methyl sites for hydroxylation is 1. The molecule has 2 N–H and O–H groups in total. The Morgan fingerprint density at radius 3 is 2.14 bits per heavy atom. The van der Waals surface area contributed by atoms with Crippen molar-refractivity contribution in [3.05, 3.63) is 101 Å². The topological polar surface area (TPSA) is 70.7 Å². The van der Waals surface area contributed by atoms with Crippen LogP contribution in [0.3, 0.4) is 0 Å². The van der Waals surface area contributed by atoms with Crippen LogP contribution >= 0.6 is 11.6 Å². The second-order valence-electron chi connectivity index (χ2n) is 12.1. The second kappa shape index (κ2) is 14.2. The first-order valence-electron chi connectivity index (χ1n) is 14.9. The predicted molar refractivity (Wildman–Crippen MR) is 170 cm³/mol. The fraction of sp³-hybridized carbons (Fsp3) is 0.429. The first kappa shape index (κ1) is 31.6. The summed E-state index contributed by atoms with van der Waals surface area (Å²) in [4.78, 5) is 27.9. The van der Waals surface area contributed by atoms with Crippen molar-refractivity contribution >= 4 is 23.4 Å². The van der Waals surface area contributed by atoms with Gasteiger partial charge in [0.05, 0.1) is 0 Å². The molecule has 0 atom stereocenters. The molecular weight excluding hydrogens is 546 g/mol. The normalized spacial score (nSPS) is 18.9. The number of carbonyl (C=O) groups excluding carboxylic acids is 2. The predicted octanol–water partition coefficient (Wildman–Crippen LogP) is 6.46. The van der Waals surface area contributed by atoms with E-state index >= 15 is 0 Å². The Balaban J connectivity index is 1.22. The van der Waals surface area contributed by atoms with Crippen LogP contribution < -0.4 is 15.4 Å². The lowest BCUT2D eigenvalue weighted by molar-refractivity contribution is -0.135. The van der Waals surface area contributed by atoms with Gasteiger partial charge in [-0.3, -0.25) is 9.59 Å². The van der Waals surface area contributed by atoms with Crippen LogP contribution in [-0.4, -0.2) is 54.5 Å². The molecule has 0 bridgehead atoms. The van der Waals surface area contributed by atoms with Crippen LogP contribution in [0.1, 0.15) is 67.4 Å². The van der Waals surface area contributed by atoms with Crippen molar-refractivity contribution in [1.82, 2.24) is 15.5 Å². The molecule has 0 aromatic heterocycles. The van der Waals surface area contributed by atoms with Gasteiger partial charge in [-0.25, -0.2) is 0 Å². The summed E-state index contributed by atoms with van der Waals surface area (Å²) in [5.74, 6) is 0.417. The molecule has 4 rings (SSSR count). The number of amides is 2. The Morgan fingerprint density at radius 1 is 0.905 bits per heavy atom. The van der Waals surface area contributed by atoms with Crippen molar-refractivity contribution in [2.45, 2.75) is 76.0 Å². The average Bonchev–Trinajstić information content (AvgIpc) is 2.98. The van der Waals surface area contributed by atoms with Crippen LogP contribution in [-0.2, 0) is 17.6 Å². The third-order valence-electron chi connectivity index (χ3n) is 8.57. The fourth-order valence-electron chi connectivity index (χ4n) is 5.69. The van der Waals surface area contributed by atoms with Crippen molar-refractivity contribution in [1.29, 1.82) is 0 Å². The van der Waals surface area contributed by atoms with Gasteiger partial charge in [0.2, 0.25) is 0 Å². The molecule has 0 spiro atoms. The van der Waals surface area contributed by atoms with Crippen LogP contribution in [0.4, 0.5) is 0 Å². The molecule has 1 fully saturated rings. The molecule has 3 aromatic carbocycles. The van der Waals surface area contributed by atoms with Crippen molar-refractivity contribution < 1.29 is 14.3 Å². The number of hydrogen-bond donors (Lipinski definition) is 2. The van der Waals surface area contributed by atoms with Crippen molar-refractivity contribution in [2.24, 2.45) is 0 Å². The number of nitrogens with one attached hydrogen (secondary N) is 2. The highest BCUT2D eigenvalue weighted by Crippen LogP contribution is 2.36. The van der Waals surface area contributed by atoms with E-state index in [4.69, 9.17) is 16.3 Å². The summed E-state index contributed by atoms with van der Waals surface area (Å²) in [6.45, 7) is 4.14. The highest BCUT2D eigenvalue weighted by molar-refractivity contribution is 6.30. The van der Waals surface area contributed by atoms with E-state index in [-0.39, 0.29) is 23.4 Å². The largest absolute Gasteiger partial charge is 0.478 e. The summed E-state index contributed by atoms with van der Waals surface area (Å²) in [5, 5.41) is 6.80. The van der Waals surface area contributed by atoms with Gasteiger partial charge in [0, 0.05) is 28.7 Å². The van der Waals surface area contributed by atoms with Crippen molar-refractivity contribution in [2.75, 3.05) is 20.6 Å². The van der Waals surface area contributed by atoms with E-state index in [0.717, 1.165) is 44.1 Å². The lowest BCUT2D eigenvalue weighted by Gasteiger charge is -2.46. The van der Waals surface area contributed by atoms with E-state index in [1.807, 2.05) is 38.1 Å². The smallest absolute Gasteiger partial charge is 0.263 e. The first-order chi connectivity index (χ1) is 20.1. The van der Waals surface area contributed by atoms with Gasteiger partial charge in [0.25, 0.3) is 11.8 Å². The number of carbonyl (C=O) groups is 2. The molecule has 0 radical (unpaired) electrons. The van der Waals surface area contributed by atoms with Gasteiger partial charge in [0.15, 0.2) is 5.60 Å². The number of ether oxygens (including phenoxy) is 1. The van der Waals surface area contributed by atoms with Gasteiger partial charge in [-0.1, -0.05) is 54.1 Å². The zero-order valence-corrected chi connectivity index (χ0v) is 26.0. The lowest BCUT2D eigenvalue weighted by Crippen LogP contribution is -2.54. The van der Waals surface area contributed by atoms with Crippen LogP contribution in [0.15, 0.2) is 78.9 Å². The highest BCUT2D eigenvalue weighted by atomic mass is 35.5. The van der Waals surface area contributed by atoms with Gasteiger partial charge in [-0.05, 0) is 120 Å². The number of benzene rings is 3. The quantitative estimate of drug-likeness (QED) is 0.254. The Morgan fingerprint density at radius 2 is 1.52 bits per heavy atom. The number of nitrogens with zero attached hydrogens (tertiary/aromatic N) is 1. The Kier molecular flexibility index (Phi) is 10.7. The van der Waals surface area contributed by atoms with E-state index in [9.17, 15) is 9.59 Å². The molecule has 6 nitrogen and oxygen atoms in total. The maximum Gasteiger partial charge on any atom is 0.263 e. The van der Waals surface area contributed by atoms with Gasteiger partial charge in [0.1, 0.15) is 5.75 Å². The van der Waals surface area contributed by atoms with Crippen LogP contribution in [0.5, 0.6) is 5.75 Å².